The molecule has 0 atom stereocenters. The summed E-state index contributed by atoms with van der Waals surface area (Å²) in [4.78, 5) is 19.3. The highest BCUT2D eigenvalue weighted by Crippen LogP contribution is 2.24. The number of imidazole rings is 1. The Kier molecular flexibility index (Phi) is 4.08. The molecule has 2 aromatic rings. The standard InChI is InChI=1S/C17H20BrN3O/c1-11(2)16-19-14-10-21(8-7-15(14)20(16)3)17(22)12-5-4-6-13(18)9-12/h4-6,9,11H,7-8,10H2,1-3H3. The molecular formula is C17H20BrN3O. The van der Waals surface area contributed by atoms with Gasteiger partial charge in [-0.3, -0.25) is 4.79 Å². The van der Waals surface area contributed by atoms with Crippen LogP contribution in [0.25, 0.3) is 0 Å². The van der Waals surface area contributed by atoms with Gasteiger partial charge in [-0.15, -0.1) is 0 Å². The molecular weight excluding hydrogens is 342 g/mol. The first-order valence-electron chi connectivity index (χ1n) is 7.56. The highest BCUT2D eigenvalue weighted by atomic mass is 79.9. The van der Waals surface area contributed by atoms with Gasteiger partial charge in [0.25, 0.3) is 5.91 Å². The van der Waals surface area contributed by atoms with E-state index in [-0.39, 0.29) is 5.91 Å². The van der Waals surface area contributed by atoms with E-state index >= 15 is 0 Å². The molecule has 0 saturated heterocycles. The summed E-state index contributed by atoms with van der Waals surface area (Å²) >= 11 is 3.42. The van der Waals surface area contributed by atoms with E-state index in [2.05, 4.69) is 41.4 Å². The summed E-state index contributed by atoms with van der Waals surface area (Å²) in [7, 11) is 2.08. The Morgan fingerprint density at radius 3 is 2.82 bits per heavy atom. The number of rotatable bonds is 2. The van der Waals surface area contributed by atoms with Crippen molar-refractivity contribution in [2.45, 2.75) is 32.7 Å². The van der Waals surface area contributed by atoms with Crippen LogP contribution in [0.4, 0.5) is 0 Å². The van der Waals surface area contributed by atoms with E-state index in [9.17, 15) is 4.79 Å². The molecule has 2 heterocycles. The van der Waals surface area contributed by atoms with Crippen molar-refractivity contribution in [3.8, 4) is 0 Å². The molecule has 0 bridgehead atoms. The first-order chi connectivity index (χ1) is 10.5. The van der Waals surface area contributed by atoms with Crippen LogP contribution in [0, 0.1) is 0 Å². The average Bonchev–Trinajstić information content (AvgIpc) is 2.83. The van der Waals surface area contributed by atoms with Gasteiger partial charge in [0.1, 0.15) is 5.82 Å². The number of nitrogens with zero attached hydrogens (tertiary/aromatic N) is 3. The van der Waals surface area contributed by atoms with E-state index in [0.717, 1.165) is 34.5 Å². The Balaban J connectivity index is 1.85. The summed E-state index contributed by atoms with van der Waals surface area (Å²) in [5.41, 5.74) is 3.03. The quantitative estimate of drug-likeness (QED) is 0.820. The van der Waals surface area contributed by atoms with Crippen molar-refractivity contribution in [1.29, 1.82) is 0 Å². The van der Waals surface area contributed by atoms with Crippen molar-refractivity contribution < 1.29 is 4.79 Å². The maximum Gasteiger partial charge on any atom is 0.254 e. The number of amides is 1. The molecule has 0 aliphatic carbocycles. The van der Waals surface area contributed by atoms with Gasteiger partial charge in [0.2, 0.25) is 0 Å². The second kappa shape index (κ2) is 5.88. The highest BCUT2D eigenvalue weighted by molar-refractivity contribution is 9.10. The maximum atomic E-state index is 12.7. The number of hydrogen-bond acceptors (Lipinski definition) is 2. The van der Waals surface area contributed by atoms with E-state index in [1.807, 2.05) is 29.2 Å². The SMILES string of the molecule is CC(C)c1nc2c(n1C)CCN(C(=O)c1cccc(Br)c1)C2. The van der Waals surface area contributed by atoms with Crippen LogP contribution in [0.1, 0.15) is 47.3 Å². The number of halogens is 1. The van der Waals surface area contributed by atoms with Gasteiger partial charge < -0.3 is 9.47 Å². The minimum Gasteiger partial charge on any atom is -0.334 e. The molecule has 0 N–H and O–H groups in total. The van der Waals surface area contributed by atoms with Crippen LogP contribution in [0.5, 0.6) is 0 Å². The Morgan fingerprint density at radius 2 is 2.14 bits per heavy atom. The topological polar surface area (TPSA) is 38.1 Å². The molecule has 1 aliphatic rings. The molecule has 0 saturated carbocycles. The maximum absolute atomic E-state index is 12.7. The van der Waals surface area contributed by atoms with Crippen molar-refractivity contribution >= 4 is 21.8 Å². The summed E-state index contributed by atoms with van der Waals surface area (Å²) in [6.45, 7) is 5.65. The second-order valence-corrected chi connectivity index (χ2v) is 6.98. The molecule has 116 valence electrons. The van der Waals surface area contributed by atoms with Crippen molar-refractivity contribution in [1.82, 2.24) is 14.5 Å². The fourth-order valence-electron chi connectivity index (χ4n) is 3.04. The largest absolute Gasteiger partial charge is 0.334 e. The van der Waals surface area contributed by atoms with Gasteiger partial charge in [0.15, 0.2) is 0 Å². The van der Waals surface area contributed by atoms with Crippen molar-refractivity contribution in [2.75, 3.05) is 6.54 Å². The molecule has 3 rings (SSSR count). The third-order valence-corrected chi connectivity index (χ3v) is 4.66. The van der Waals surface area contributed by atoms with Crippen molar-refractivity contribution in [3.05, 3.63) is 51.5 Å². The summed E-state index contributed by atoms with van der Waals surface area (Å²) in [6, 6.07) is 7.56. The fraction of sp³-hybridized carbons (Fsp3) is 0.412. The summed E-state index contributed by atoms with van der Waals surface area (Å²) in [6.07, 6.45) is 0.866. The third kappa shape index (κ3) is 2.70. The lowest BCUT2D eigenvalue weighted by molar-refractivity contribution is 0.0731. The van der Waals surface area contributed by atoms with Gasteiger partial charge in [-0.2, -0.15) is 0 Å². The molecule has 0 radical (unpaired) electrons. The zero-order valence-electron chi connectivity index (χ0n) is 13.1. The lowest BCUT2D eigenvalue weighted by Crippen LogP contribution is -2.36. The summed E-state index contributed by atoms with van der Waals surface area (Å²) < 4.78 is 3.12. The minimum absolute atomic E-state index is 0.0729. The van der Waals surface area contributed by atoms with Crippen LogP contribution in [-0.4, -0.2) is 26.9 Å². The Labute approximate surface area is 139 Å². The number of carbonyl (C=O) groups excluding carboxylic acids is 1. The van der Waals surface area contributed by atoms with E-state index in [1.165, 1.54) is 5.69 Å². The predicted octanol–water partition coefficient (Wildman–Crippen LogP) is 3.50. The van der Waals surface area contributed by atoms with Crippen LogP contribution in [0.2, 0.25) is 0 Å². The normalized spacial score (nSPS) is 14.3. The molecule has 1 amide bonds. The van der Waals surface area contributed by atoms with Gasteiger partial charge in [-0.1, -0.05) is 35.8 Å². The number of aromatic nitrogens is 2. The molecule has 1 aliphatic heterocycles. The van der Waals surface area contributed by atoms with Gasteiger partial charge >= 0.3 is 0 Å². The smallest absolute Gasteiger partial charge is 0.254 e. The van der Waals surface area contributed by atoms with Crippen LogP contribution in [0.15, 0.2) is 28.7 Å². The Bertz CT molecular complexity index is 721. The molecule has 1 aromatic carbocycles. The number of hydrogen-bond donors (Lipinski definition) is 0. The van der Waals surface area contributed by atoms with Crippen LogP contribution in [-0.2, 0) is 20.0 Å². The van der Waals surface area contributed by atoms with Crippen LogP contribution >= 0.6 is 15.9 Å². The van der Waals surface area contributed by atoms with Gasteiger partial charge in [-0.05, 0) is 18.2 Å². The number of carbonyl (C=O) groups is 1. The number of benzene rings is 1. The zero-order chi connectivity index (χ0) is 15.9. The molecule has 0 unspecified atom stereocenters. The van der Waals surface area contributed by atoms with Crippen molar-refractivity contribution in [2.24, 2.45) is 7.05 Å². The van der Waals surface area contributed by atoms with Crippen LogP contribution < -0.4 is 0 Å². The minimum atomic E-state index is 0.0729. The van der Waals surface area contributed by atoms with Crippen LogP contribution in [0.3, 0.4) is 0 Å². The Morgan fingerprint density at radius 1 is 1.36 bits per heavy atom. The summed E-state index contributed by atoms with van der Waals surface area (Å²) in [5.74, 6) is 1.57. The zero-order valence-corrected chi connectivity index (χ0v) is 14.7. The first-order valence-corrected chi connectivity index (χ1v) is 8.36. The van der Waals surface area contributed by atoms with E-state index in [4.69, 9.17) is 4.98 Å². The van der Waals surface area contributed by atoms with Gasteiger partial charge in [0, 0.05) is 41.7 Å². The average molecular weight is 362 g/mol. The first kappa shape index (κ1) is 15.3. The second-order valence-electron chi connectivity index (χ2n) is 6.06. The fourth-order valence-corrected chi connectivity index (χ4v) is 3.44. The summed E-state index contributed by atoms with van der Waals surface area (Å²) in [5, 5.41) is 0. The highest BCUT2D eigenvalue weighted by Gasteiger charge is 2.26. The number of fused-ring (bicyclic) bond motifs is 1. The molecule has 5 heteroatoms. The molecule has 1 aromatic heterocycles. The monoisotopic (exact) mass is 361 g/mol. The lowest BCUT2D eigenvalue weighted by atomic mass is 10.1. The van der Waals surface area contributed by atoms with Crippen molar-refractivity contribution in [3.63, 3.8) is 0 Å². The molecule has 4 nitrogen and oxygen atoms in total. The van der Waals surface area contributed by atoms with E-state index in [0.29, 0.717) is 12.5 Å². The molecule has 0 fully saturated rings. The lowest BCUT2D eigenvalue weighted by Gasteiger charge is -2.27. The van der Waals surface area contributed by atoms with E-state index in [1.54, 1.807) is 0 Å². The third-order valence-electron chi connectivity index (χ3n) is 4.17. The Hall–Kier alpha value is -1.62. The van der Waals surface area contributed by atoms with Gasteiger partial charge in [0.05, 0.1) is 12.2 Å². The molecule has 22 heavy (non-hydrogen) atoms. The predicted molar refractivity (Wildman–Crippen MR) is 89.9 cm³/mol. The van der Waals surface area contributed by atoms with Gasteiger partial charge in [-0.25, -0.2) is 4.98 Å². The van der Waals surface area contributed by atoms with E-state index < -0.39 is 0 Å². The molecule has 0 spiro atoms.